The van der Waals surface area contributed by atoms with E-state index < -0.39 is 11.9 Å². The second-order valence-corrected chi connectivity index (χ2v) is 5.22. The Morgan fingerprint density at radius 2 is 1.95 bits per heavy atom. The van der Waals surface area contributed by atoms with Crippen molar-refractivity contribution in [3.05, 3.63) is 0 Å². The van der Waals surface area contributed by atoms with Crippen molar-refractivity contribution in [2.45, 2.75) is 31.7 Å². The van der Waals surface area contributed by atoms with Crippen molar-refractivity contribution in [2.24, 2.45) is 11.7 Å². The maximum atomic E-state index is 12.3. The van der Waals surface area contributed by atoms with Crippen LogP contribution in [0.2, 0.25) is 0 Å². The van der Waals surface area contributed by atoms with Crippen LogP contribution in [0.25, 0.3) is 0 Å². The molecule has 106 valence electrons. The van der Waals surface area contributed by atoms with E-state index in [4.69, 9.17) is 10.8 Å². The zero-order valence-corrected chi connectivity index (χ0v) is 10.7. The molecule has 1 aliphatic carbocycles. The van der Waals surface area contributed by atoms with Gasteiger partial charge in [0.05, 0.1) is 5.92 Å². The highest BCUT2D eigenvalue weighted by Gasteiger charge is 2.37. The normalized spacial score (nSPS) is 22.9. The van der Waals surface area contributed by atoms with Crippen LogP contribution in [0.3, 0.4) is 0 Å². The molecular weight excluding hydrogens is 250 g/mol. The molecule has 3 N–H and O–H groups in total. The Kier molecular flexibility index (Phi) is 3.92. The Bertz CT molecular complexity index is 394. The summed E-state index contributed by atoms with van der Waals surface area (Å²) < 4.78 is 0. The van der Waals surface area contributed by atoms with E-state index in [9.17, 15) is 14.4 Å². The monoisotopic (exact) mass is 269 g/mol. The second-order valence-electron chi connectivity index (χ2n) is 5.22. The van der Waals surface area contributed by atoms with Crippen LogP contribution in [-0.2, 0) is 9.59 Å². The number of amides is 3. The highest BCUT2D eigenvalue weighted by atomic mass is 16.4. The summed E-state index contributed by atoms with van der Waals surface area (Å²) >= 11 is 0. The molecule has 0 aromatic carbocycles. The van der Waals surface area contributed by atoms with E-state index in [2.05, 4.69) is 0 Å². The molecule has 0 bridgehead atoms. The number of carbonyl (C=O) groups is 3. The lowest BCUT2D eigenvalue weighted by Gasteiger charge is -2.35. The van der Waals surface area contributed by atoms with Crippen molar-refractivity contribution in [2.75, 3.05) is 19.6 Å². The molecule has 1 aliphatic heterocycles. The van der Waals surface area contributed by atoms with Gasteiger partial charge in [-0.1, -0.05) is 0 Å². The topological polar surface area (TPSA) is 104 Å². The maximum absolute atomic E-state index is 12.3. The van der Waals surface area contributed by atoms with Crippen molar-refractivity contribution in [1.82, 2.24) is 9.80 Å². The van der Waals surface area contributed by atoms with Gasteiger partial charge in [0.1, 0.15) is 6.54 Å². The number of piperidine rings is 1. The minimum atomic E-state index is -1.01. The first-order valence-corrected chi connectivity index (χ1v) is 6.55. The summed E-state index contributed by atoms with van der Waals surface area (Å²) in [4.78, 5) is 37.3. The van der Waals surface area contributed by atoms with Gasteiger partial charge in [0.25, 0.3) is 0 Å². The van der Waals surface area contributed by atoms with Crippen molar-refractivity contribution in [1.29, 1.82) is 0 Å². The van der Waals surface area contributed by atoms with E-state index >= 15 is 0 Å². The minimum absolute atomic E-state index is 0.0394. The molecule has 0 aromatic rings. The van der Waals surface area contributed by atoms with Gasteiger partial charge in [0, 0.05) is 19.1 Å². The summed E-state index contributed by atoms with van der Waals surface area (Å²) in [5, 5.41) is 8.86. The van der Waals surface area contributed by atoms with E-state index in [1.54, 1.807) is 4.90 Å². The van der Waals surface area contributed by atoms with Gasteiger partial charge in [-0.25, -0.2) is 4.79 Å². The largest absolute Gasteiger partial charge is 0.480 e. The van der Waals surface area contributed by atoms with E-state index in [1.165, 1.54) is 4.90 Å². The van der Waals surface area contributed by atoms with Gasteiger partial charge < -0.3 is 20.6 Å². The van der Waals surface area contributed by atoms with Gasteiger partial charge in [-0.3, -0.25) is 9.59 Å². The smallest absolute Gasteiger partial charge is 0.323 e. The first-order valence-electron chi connectivity index (χ1n) is 6.55. The third kappa shape index (κ3) is 3.36. The van der Waals surface area contributed by atoms with Gasteiger partial charge in [0.2, 0.25) is 5.91 Å². The molecular formula is C12H19N3O4. The van der Waals surface area contributed by atoms with Gasteiger partial charge in [-0.05, 0) is 25.7 Å². The summed E-state index contributed by atoms with van der Waals surface area (Å²) in [6.45, 7) is 0.587. The number of nitrogens with two attached hydrogens (primary N) is 1. The molecule has 3 amide bonds. The van der Waals surface area contributed by atoms with Crippen LogP contribution in [0.4, 0.5) is 4.79 Å². The summed E-state index contributed by atoms with van der Waals surface area (Å²) in [5.74, 6) is -1.72. The molecule has 0 aromatic heterocycles. The molecule has 0 radical (unpaired) electrons. The lowest BCUT2D eigenvalue weighted by molar-refractivity contribution is -0.138. The summed E-state index contributed by atoms with van der Waals surface area (Å²) in [6, 6.07) is -0.242. The number of carboxylic acids is 1. The second kappa shape index (κ2) is 5.46. The predicted octanol–water partition coefficient (Wildman–Crippen LogP) is -0.147. The number of hydrogen-bond acceptors (Lipinski definition) is 3. The van der Waals surface area contributed by atoms with Gasteiger partial charge in [0.15, 0.2) is 0 Å². The molecule has 7 nitrogen and oxygen atoms in total. The molecule has 1 atom stereocenters. The lowest BCUT2D eigenvalue weighted by atomic mass is 9.98. The molecule has 1 heterocycles. The maximum Gasteiger partial charge on any atom is 0.323 e. The van der Waals surface area contributed by atoms with Crippen LogP contribution in [-0.4, -0.2) is 58.5 Å². The third-order valence-electron chi connectivity index (χ3n) is 3.63. The number of urea groups is 1. The Morgan fingerprint density at radius 1 is 1.26 bits per heavy atom. The molecule has 2 rings (SSSR count). The van der Waals surface area contributed by atoms with Gasteiger partial charge in [-0.2, -0.15) is 0 Å². The fraction of sp³-hybridized carbons (Fsp3) is 0.750. The minimum Gasteiger partial charge on any atom is -0.480 e. The zero-order chi connectivity index (χ0) is 14.0. The lowest BCUT2D eigenvalue weighted by Crippen LogP contribution is -2.51. The fourth-order valence-corrected chi connectivity index (χ4v) is 2.45. The molecule has 1 unspecified atom stereocenters. The van der Waals surface area contributed by atoms with Crippen LogP contribution in [0, 0.1) is 5.92 Å². The molecule has 1 saturated heterocycles. The highest BCUT2D eigenvalue weighted by Crippen LogP contribution is 2.28. The van der Waals surface area contributed by atoms with E-state index in [0.717, 1.165) is 19.3 Å². The first kappa shape index (κ1) is 13.6. The predicted molar refractivity (Wildman–Crippen MR) is 66.3 cm³/mol. The number of rotatable bonds is 4. The molecule has 2 fully saturated rings. The average Bonchev–Trinajstić information content (AvgIpc) is 3.19. The Hall–Kier alpha value is -1.79. The summed E-state index contributed by atoms with van der Waals surface area (Å²) in [6.07, 6.45) is 3.13. The SMILES string of the molecule is NC(=O)C1CCCN(C(=O)N(CC(=O)O)C2CC2)C1. The molecule has 0 spiro atoms. The molecule has 19 heavy (non-hydrogen) atoms. The van der Waals surface area contributed by atoms with Crippen LogP contribution in [0.1, 0.15) is 25.7 Å². The van der Waals surface area contributed by atoms with Crippen LogP contribution < -0.4 is 5.73 Å². The van der Waals surface area contributed by atoms with Crippen molar-refractivity contribution < 1.29 is 19.5 Å². The van der Waals surface area contributed by atoms with Crippen molar-refractivity contribution in [3.8, 4) is 0 Å². The Labute approximate surface area is 111 Å². The zero-order valence-electron chi connectivity index (χ0n) is 10.7. The van der Waals surface area contributed by atoms with Crippen molar-refractivity contribution >= 4 is 17.9 Å². The quantitative estimate of drug-likeness (QED) is 0.740. The number of carbonyl (C=O) groups excluding carboxylic acids is 2. The first-order chi connectivity index (χ1) is 8.99. The summed E-state index contributed by atoms with van der Waals surface area (Å²) in [5.41, 5.74) is 5.27. The fourth-order valence-electron chi connectivity index (χ4n) is 2.45. The number of aliphatic carboxylic acids is 1. The standard InChI is InChI=1S/C12H19N3O4/c13-11(18)8-2-1-5-14(6-8)12(19)15(7-10(16)17)9-3-4-9/h8-9H,1-7H2,(H2,13,18)(H,16,17). The van der Waals surface area contributed by atoms with Crippen LogP contribution >= 0.6 is 0 Å². The van der Waals surface area contributed by atoms with E-state index in [0.29, 0.717) is 19.5 Å². The number of primary amides is 1. The van der Waals surface area contributed by atoms with E-state index in [1.807, 2.05) is 0 Å². The number of hydrogen-bond donors (Lipinski definition) is 2. The molecule has 7 heteroatoms. The van der Waals surface area contributed by atoms with Gasteiger partial charge in [-0.15, -0.1) is 0 Å². The van der Waals surface area contributed by atoms with Crippen LogP contribution in [0.15, 0.2) is 0 Å². The van der Waals surface area contributed by atoms with Crippen LogP contribution in [0.5, 0.6) is 0 Å². The third-order valence-corrected chi connectivity index (χ3v) is 3.63. The van der Waals surface area contributed by atoms with Gasteiger partial charge >= 0.3 is 12.0 Å². The number of carboxylic acid groups (broad SMARTS) is 1. The van der Waals surface area contributed by atoms with E-state index in [-0.39, 0.29) is 24.5 Å². The molecule has 1 saturated carbocycles. The average molecular weight is 269 g/mol. The number of nitrogens with zero attached hydrogens (tertiary/aromatic N) is 2. The molecule has 2 aliphatic rings. The van der Waals surface area contributed by atoms with Crippen molar-refractivity contribution in [3.63, 3.8) is 0 Å². The number of likely N-dealkylation sites (tertiary alicyclic amines) is 1. The Morgan fingerprint density at radius 3 is 2.47 bits per heavy atom. The Balaban J connectivity index is 2.00. The highest BCUT2D eigenvalue weighted by molar-refractivity contribution is 5.82. The summed E-state index contributed by atoms with van der Waals surface area (Å²) in [7, 11) is 0.